The standard InChI is InChI=1S/C15H16N4O4S.Na.H/c1-21-11-6-7-16-10(13(11)23-3)8-24(20)15-17-9-4-5-12(22-2)18-14(9)19-15;;/h4-7H,8H2,1-3H3,(H,17,18,19);;/t24-;;/m1../s1. The quantitative estimate of drug-likeness (QED) is 0.509. The predicted molar refractivity (Wildman–Crippen MR) is 95.0 cm³/mol. The van der Waals surface area contributed by atoms with Crippen LogP contribution in [0.25, 0.3) is 11.2 Å². The molecule has 3 aromatic heterocycles. The summed E-state index contributed by atoms with van der Waals surface area (Å²) in [7, 11) is 4.58. The van der Waals surface area contributed by atoms with Crippen LogP contribution in [0.2, 0.25) is 0 Å². The van der Waals surface area contributed by atoms with E-state index in [4.69, 9.17) is 14.2 Å². The van der Waals surface area contributed by atoms with Gasteiger partial charge in [0.2, 0.25) is 5.88 Å². The van der Waals surface area contributed by atoms with Crippen molar-refractivity contribution in [2.45, 2.75) is 10.9 Å². The van der Waals surface area contributed by atoms with E-state index < -0.39 is 11.2 Å². The Bertz CT molecular complexity index is 861. The topological polar surface area (TPSA) is 105 Å². The first kappa shape index (κ1) is 19.8. The maximum atomic E-state index is 12.6. The van der Waals surface area contributed by atoms with Crippen molar-refractivity contribution >= 4 is 51.9 Å². The molecule has 1 atom stereocenters. The van der Waals surface area contributed by atoms with E-state index in [1.165, 1.54) is 21.3 Å². The summed E-state index contributed by atoms with van der Waals surface area (Å²) in [4.78, 5) is 15.7. The molecule has 8 nitrogen and oxygen atoms in total. The monoisotopic (exact) mass is 372 g/mol. The van der Waals surface area contributed by atoms with Gasteiger partial charge in [0, 0.05) is 29.5 Å². The fourth-order valence-electron chi connectivity index (χ4n) is 2.22. The number of H-pyrrole nitrogens is 1. The van der Waals surface area contributed by atoms with Crippen molar-refractivity contribution in [1.29, 1.82) is 0 Å². The van der Waals surface area contributed by atoms with Crippen molar-refractivity contribution in [3.8, 4) is 17.4 Å². The molecule has 0 bridgehead atoms. The molecule has 3 rings (SSSR count). The molecular formula is C15H17N4NaO4S. The van der Waals surface area contributed by atoms with Crippen LogP contribution >= 0.6 is 0 Å². The number of rotatable bonds is 6. The van der Waals surface area contributed by atoms with Gasteiger partial charge in [0.05, 0.1) is 26.8 Å². The number of fused-ring (bicyclic) bond motifs is 1. The number of nitrogens with zero attached hydrogens (tertiary/aromatic N) is 3. The normalized spacial score (nSPS) is 11.7. The Hall–Kier alpha value is -1.52. The third kappa shape index (κ3) is 4.18. The van der Waals surface area contributed by atoms with Crippen LogP contribution in [0.4, 0.5) is 0 Å². The van der Waals surface area contributed by atoms with Gasteiger partial charge in [-0.3, -0.25) is 9.97 Å². The van der Waals surface area contributed by atoms with Gasteiger partial charge in [0.25, 0.3) is 0 Å². The molecule has 10 heteroatoms. The molecule has 3 heterocycles. The number of methoxy groups -OCH3 is 3. The molecule has 0 radical (unpaired) electrons. The number of ether oxygens (including phenoxy) is 3. The number of hydrogen-bond acceptors (Lipinski definition) is 7. The molecule has 0 aliphatic rings. The van der Waals surface area contributed by atoms with Crippen LogP contribution in [-0.4, -0.2) is 75.4 Å². The van der Waals surface area contributed by atoms with Crippen molar-refractivity contribution in [2.75, 3.05) is 21.3 Å². The van der Waals surface area contributed by atoms with Gasteiger partial charge >= 0.3 is 34.7 Å². The SMILES string of the molecule is COc1ccc2[nH]c([S@+]([O-])Cc3nccc(OC)c3OC)nc2n1.[NaH]. The van der Waals surface area contributed by atoms with Crippen LogP contribution in [0.5, 0.6) is 17.4 Å². The molecule has 0 aliphatic heterocycles. The summed E-state index contributed by atoms with van der Waals surface area (Å²) in [5.74, 6) is 1.58. The van der Waals surface area contributed by atoms with Gasteiger partial charge in [-0.05, 0) is 6.07 Å². The summed E-state index contributed by atoms with van der Waals surface area (Å²) >= 11 is -1.44. The first-order chi connectivity index (χ1) is 11.7. The van der Waals surface area contributed by atoms with E-state index >= 15 is 0 Å². The van der Waals surface area contributed by atoms with Crippen LogP contribution in [0.15, 0.2) is 29.6 Å². The first-order valence-electron chi connectivity index (χ1n) is 7.01. The molecule has 0 saturated carbocycles. The van der Waals surface area contributed by atoms with E-state index in [9.17, 15) is 4.55 Å². The third-order valence-corrected chi connectivity index (χ3v) is 4.52. The maximum absolute atomic E-state index is 12.6. The van der Waals surface area contributed by atoms with Gasteiger partial charge in [0.1, 0.15) is 5.69 Å². The summed E-state index contributed by atoms with van der Waals surface area (Å²) < 4.78 is 28.2. The molecule has 0 saturated heterocycles. The van der Waals surface area contributed by atoms with Gasteiger partial charge in [-0.2, -0.15) is 9.97 Å². The summed E-state index contributed by atoms with van der Waals surface area (Å²) in [5, 5.41) is 0.317. The zero-order chi connectivity index (χ0) is 17.1. The van der Waals surface area contributed by atoms with Crippen molar-refractivity contribution < 1.29 is 18.8 Å². The summed E-state index contributed by atoms with van der Waals surface area (Å²) in [6.07, 6.45) is 1.58. The molecule has 0 unspecified atom stereocenters. The number of aromatic amines is 1. The molecule has 0 fully saturated rings. The second-order valence-electron chi connectivity index (χ2n) is 4.75. The van der Waals surface area contributed by atoms with Crippen LogP contribution in [0, 0.1) is 0 Å². The van der Waals surface area contributed by atoms with Crippen molar-refractivity contribution in [2.24, 2.45) is 0 Å². The van der Waals surface area contributed by atoms with Gasteiger partial charge in [0.15, 0.2) is 22.9 Å². The van der Waals surface area contributed by atoms with Crippen LogP contribution in [0.3, 0.4) is 0 Å². The molecule has 0 spiro atoms. The molecule has 0 aromatic carbocycles. The Balaban J connectivity index is 0.00000225. The second kappa shape index (κ2) is 8.72. The van der Waals surface area contributed by atoms with Gasteiger partial charge in [-0.25, -0.2) is 0 Å². The second-order valence-corrected chi connectivity index (χ2v) is 6.12. The molecule has 128 valence electrons. The first-order valence-corrected chi connectivity index (χ1v) is 8.33. The molecule has 3 aromatic rings. The van der Waals surface area contributed by atoms with Gasteiger partial charge in [-0.15, -0.1) is 0 Å². The van der Waals surface area contributed by atoms with E-state index in [0.29, 0.717) is 39.4 Å². The average molecular weight is 372 g/mol. The number of nitrogens with one attached hydrogen (secondary N) is 1. The van der Waals surface area contributed by atoms with Gasteiger partial charge < -0.3 is 18.8 Å². The van der Waals surface area contributed by atoms with E-state index in [0.717, 1.165) is 0 Å². The summed E-state index contributed by atoms with van der Waals surface area (Å²) in [5.41, 5.74) is 1.66. The number of pyridine rings is 2. The van der Waals surface area contributed by atoms with Crippen LogP contribution in [-0.2, 0) is 16.9 Å². The summed E-state index contributed by atoms with van der Waals surface area (Å²) in [6, 6.07) is 5.17. The van der Waals surface area contributed by atoms with Crippen molar-refractivity contribution in [3.05, 3.63) is 30.1 Å². The fourth-order valence-corrected chi connectivity index (χ4v) is 3.22. The van der Waals surface area contributed by atoms with Crippen LogP contribution in [0.1, 0.15) is 5.69 Å². The van der Waals surface area contributed by atoms with Crippen molar-refractivity contribution in [3.63, 3.8) is 0 Å². The average Bonchev–Trinajstić information content (AvgIpc) is 3.04. The van der Waals surface area contributed by atoms with E-state index in [1.54, 1.807) is 24.4 Å². The summed E-state index contributed by atoms with van der Waals surface area (Å²) in [6.45, 7) is 0. The Kier molecular flexibility index (Phi) is 6.91. The minimum atomic E-state index is -1.44. The minimum absolute atomic E-state index is 0. The Morgan fingerprint density at radius 3 is 2.56 bits per heavy atom. The fraction of sp³-hybridized carbons (Fsp3) is 0.267. The van der Waals surface area contributed by atoms with E-state index in [1.807, 2.05) is 0 Å². The number of hydrogen-bond donors (Lipinski definition) is 1. The Morgan fingerprint density at radius 2 is 1.88 bits per heavy atom. The van der Waals surface area contributed by atoms with E-state index in [2.05, 4.69) is 19.9 Å². The molecule has 1 N–H and O–H groups in total. The predicted octanol–water partition coefficient (Wildman–Crippen LogP) is 1.04. The molecule has 0 amide bonds. The Labute approximate surface area is 169 Å². The number of aromatic nitrogens is 4. The zero-order valence-corrected chi connectivity index (χ0v) is 14.2. The van der Waals surface area contributed by atoms with E-state index in [-0.39, 0.29) is 35.3 Å². The molecule has 0 aliphatic carbocycles. The third-order valence-electron chi connectivity index (χ3n) is 3.36. The zero-order valence-electron chi connectivity index (χ0n) is 13.4. The van der Waals surface area contributed by atoms with Crippen LogP contribution < -0.4 is 14.2 Å². The number of imidazole rings is 1. The Morgan fingerprint density at radius 1 is 1.08 bits per heavy atom. The molecule has 25 heavy (non-hydrogen) atoms. The van der Waals surface area contributed by atoms with Crippen molar-refractivity contribution in [1.82, 2.24) is 19.9 Å². The molecular weight excluding hydrogens is 355 g/mol. The van der Waals surface area contributed by atoms with Gasteiger partial charge in [-0.1, -0.05) is 0 Å².